The summed E-state index contributed by atoms with van der Waals surface area (Å²) in [4.78, 5) is 18.5. The Morgan fingerprint density at radius 2 is 1.72 bits per heavy atom. The van der Waals surface area contributed by atoms with Crippen molar-refractivity contribution >= 4 is 5.97 Å². The molecule has 6 fully saturated rings. The van der Waals surface area contributed by atoms with Crippen LogP contribution in [0.3, 0.4) is 0 Å². The molecule has 0 aromatic rings. The number of hydroxylamine groups is 2. The average molecular weight is 604 g/mol. The second-order valence-electron chi connectivity index (χ2n) is 15.9. The lowest BCUT2D eigenvalue weighted by molar-refractivity contribution is -0.351. The molecule has 43 heavy (non-hydrogen) atoms. The van der Waals surface area contributed by atoms with Gasteiger partial charge in [-0.3, -0.25) is 4.84 Å². The van der Waals surface area contributed by atoms with Gasteiger partial charge >= 0.3 is 5.97 Å². The standard InChI is InChI=1S/C34H53NO8/c1-32-12-11-25-26(34(32,40)17-21(16-32)20-14-28(37)41-18-20)9-8-22-15-23(10-13-33(22,25)2)35(43-24-6-4-3-5-7-24)31-30(39)29(38)27(36)19-42-31/h14,21-27,29-31,36,38-40H,3-13,15-19H2,1-2H3/t21-,22?,23+,25?,26?,27+,29-,30+,31+,32-,33+,34+/m1/s1. The van der Waals surface area contributed by atoms with Crippen molar-refractivity contribution in [3.8, 4) is 0 Å². The predicted octanol–water partition coefficient (Wildman–Crippen LogP) is 3.62. The van der Waals surface area contributed by atoms with Crippen molar-refractivity contribution in [3.05, 3.63) is 11.6 Å². The summed E-state index contributed by atoms with van der Waals surface area (Å²) in [6, 6.07) is 0.0540. The summed E-state index contributed by atoms with van der Waals surface area (Å²) in [5.41, 5.74) is 0.300. The first kappa shape index (κ1) is 30.6. The molecule has 9 heteroatoms. The smallest absolute Gasteiger partial charge is 0.331 e. The van der Waals surface area contributed by atoms with Gasteiger partial charge < -0.3 is 29.9 Å². The zero-order chi connectivity index (χ0) is 30.1. The van der Waals surface area contributed by atoms with Crippen molar-refractivity contribution in [2.24, 2.45) is 34.5 Å². The molecule has 4 N–H and O–H groups in total. The van der Waals surface area contributed by atoms with E-state index in [1.54, 1.807) is 6.08 Å². The molecule has 5 saturated carbocycles. The lowest BCUT2D eigenvalue weighted by atomic mass is 9.44. The minimum absolute atomic E-state index is 0.0272. The summed E-state index contributed by atoms with van der Waals surface area (Å²) in [6.07, 6.45) is 11.5. The lowest BCUT2D eigenvalue weighted by Gasteiger charge is -2.63. The molecule has 3 unspecified atom stereocenters. The molecule has 242 valence electrons. The summed E-state index contributed by atoms with van der Waals surface area (Å²) < 4.78 is 11.2. The molecular formula is C34H53NO8. The summed E-state index contributed by atoms with van der Waals surface area (Å²) in [5, 5.41) is 46.1. The van der Waals surface area contributed by atoms with E-state index in [-0.39, 0.29) is 47.4 Å². The zero-order valence-electron chi connectivity index (χ0n) is 26.0. The Kier molecular flexibility index (Phi) is 8.05. The molecule has 0 aromatic heterocycles. The van der Waals surface area contributed by atoms with Crippen LogP contribution in [0.2, 0.25) is 0 Å². The molecule has 0 radical (unpaired) electrons. The van der Waals surface area contributed by atoms with Crippen LogP contribution < -0.4 is 0 Å². The van der Waals surface area contributed by atoms with Crippen LogP contribution in [0.4, 0.5) is 0 Å². The number of nitrogens with zero attached hydrogens (tertiary/aromatic N) is 1. The van der Waals surface area contributed by atoms with E-state index in [2.05, 4.69) is 13.8 Å². The SMILES string of the molecule is C[C@]12CC[C@H](N(OC3CCCCC3)[C@H]3OC[C@H](O)[C@@H](O)[C@@H]3O)CC1CCC1C2CC[C@]2(C)C[C@@H](C3=CC(=O)OC3)C[C@]12O. The zero-order valence-corrected chi connectivity index (χ0v) is 26.0. The number of carbonyl (C=O) groups is 1. The second-order valence-corrected chi connectivity index (χ2v) is 15.9. The van der Waals surface area contributed by atoms with E-state index in [9.17, 15) is 25.2 Å². The number of cyclic esters (lactones) is 1. The Morgan fingerprint density at radius 3 is 2.47 bits per heavy atom. The van der Waals surface area contributed by atoms with Crippen molar-refractivity contribution in [3.63, 3.8) is 0 Å². The first-order valence-electron chi connectivity index (χ1n) is 17.2. The van der Waals surface area contributed by atoms with Gasteiger partial charge in [-0.05, 0) is 111 Å². The van der Waals surface area contributed by atoms with Crippen molar-refractivity contribution in [1.82, 2.24) is 5.06 Å². The molecule has 2 heterocycles. The van der Waals surface area contributed by atoms with Gasteiger partial charge in [0.05, 0.1) is 18.3 Å². The molecule has 7 aliphatic rings. The molecule has 7 rings (SSSR count). The Morgan fingerprint density at radius 1 is 0.930 bits per heavy atom. The number of fused-ring (bicyclic) bond motifs is 5. The molecule has 2 aliphatic heterocycles. The predicted molar refractivity (Wildman–Crippen MR) is 157 cm³/mol. The largest absolute Gasteiger partial charge is 0.458 e. The minimum Gasteiger partial charge on any atom is -0.458 e. The van der Waals surface area contributed by atoms with E-state index in [4.69, 9.17) is 14.3 Å². The molecule has 1 saturated heterocycles. The lowest BCUT2D eigenvalue weighted by Crippen LogP contribution is -2.64. The molecular weight excluding hydrogens is 550 g/mol. The van der Waals surface area contributed by atoms with Crippen LogP contribution in [0.25, 0.3) is 0 Å². The number of esters is 1. The fourth-order valence-corrected chi connectivity index (χ4v) is 11.1. The molecule has 0 spiro atoms. The van der Waals surface area contributed by atoms with E-state index in [0.717, 1.165) is 89.0 Å². The fourth-order valence-electron chi connectivity index (χ4n) is 11.1. The van der Waals surface area contributed by atoms with Crippen LogP contribution in [0.1, 0.15) is 104 Å². The molecule has 9 nitrogen and oxygen atoms in total. The number of rotatable bonds is 5. The molecule has 5 aliphatic carbocycles. The van der Waals surface area contributed by atoms with Crippen LogP contribution >= 0.6 is 0 Å². The Bertz CT molecular complexity index is 1090. The van der Waals surface area contributed by atoms with Gasteiger partial charge in [-0.2, -0.15) is 5.06 Å². The summed E-state index contributed by atoms with van der Waals surface area (Å²) in [6.45, 7) is 5.10. The number of hydrogen-bond acceptors (Lipinski definition) is 9. The monoisotopic (exact) mass is 603 g/mol. The highest BCUT2D eigenvalue weighted by Crippen LogP contribution is 2.69. The summed E-state index contributed by atoms with van der Waals surface area (Å²) in [5.74, 6) is 1.13. The highest BCUT2D eigenvalue weighted by atomic mass is 16.7. The van der Waals surface area contributed by atoms with Crippen molar-refractivity contribution in [2.45, 2.75) is 146 Å². The Labute approximate surface area is 255 Å². The van der Waals surface area contributed by atoms with Gasteiger partial charge in [0, 0.05) is 12.1 Å². The number of aliphatic hydroxyl groups is 4. The third kappa shape index (κ3) is 5.04. The van der Waals surface area contributed by atoms with E-state index < -0.39 is 30.1 Å². The van der Waals surface area contributed by atoms with Crippen molar-refractivity contribution in [1.29, 1.82) is 0 Å². The van der Waals surface area contributed by atoms with E-state index >= 15 is 0 Å². The minimum atomic E-state index is -1.27. The van der Waals surface area contributed by atoms with Gasteiger partial charge in [0.1, 0.15) is 24.9 Å². The van der Waals surface area contributed by atoms with Gasteiger partial charge in [-0.1, -0.05) is 33.1 Å². The van der Waals surface area contributed by atoms with Gasteiger partial charge in [0.25, 0.3) is 0 Å². The van der Waals surface area contributed by atoms with Crippen LogP contribution in [0, 0.1) is 34.5 Å². The van der Waals surface area contributed by atoms with Crippen LogP contribution in [0.15, 0.2) is 11.6 Å². The van der Waals surface area contributed by atoms with Crippen LogP contribution in [-0.2, 0) is 19.1 Å². The summed E-state index contributed by atoms with van der Waals surface area (Å²) in [7, 11) is 0. The Hall–Kier alpha value is -1.07. The summed E-state index contributed by atoms with van der Waals surface area (Å²) >= 11 is 0. The van der Waals surface area contributed by atoms with Crippen molar-refractivity contribution in [2.75, 3.05) is 13.2 Å². The molecule has 12 atom stereocenters. The van der Waals surface area contributed by atoms with Crippen molar-refractivity contribution < 1.29 is 39.5 Å². The number of carbonyl (C=O) groups excluding carboxylic acids is 1. The number of hydrogen-bond donors (Lipinski definition) is 4. The van der Waals surface area contributed by atoms with Crippen LogP contribution in [0.5, 0.6) is 0 Å². The van der Waals surface area contributed by atoms with Gasteiger partial charge in [-0.15, -0.1) is 0 Å². The third-order valence-corrected chi connectivity index (χ3v) is 13.7. The maximum Gasteiger partial charge on any atom is 0.331 e. The number of ether oxygens (including phenoxy) is 2. The van der Waals surface area contributed by atoms with E-state index in [1.165, 1.54) is 6.42 Å². The van der Waals surface area contributed by atoms with E-state index in [0.29, 0.717) is 18.4 Å². The van der Waals surface area contributed by atoms with E-state index in [1.807, 2.05) is 5.06 Å². The highest BCUT2D eigenvalue weighted by Gasteiger charge is 2.66. The highest BCUT2D eigenvalue weighted by molar-refractivity contribution is 5.85. The van der Waals surface area contributed by atoms with Gasteiger partial charge in [0.2, 0.25) is 0 Å². The maximum absolute atomic E-state index is 12.6. The normalized spacial score (nSPS) is 50.5. The number of aliphatic hydroxyl groups excluding tert-OH is 3. The van der Waals surface area contributed by atoms with Crippen LogP contribution in [-0.4, -0.2) is 87.0 Å². The van der Waals surface area contributed by atoms with Gasteiger partial charge in [-0.25, -0.2) is 4.79 Å². The molecule has 0 bridgehead atoms. The quantitative estimate of drug-likeness (QED) is 0.275. The maximum atomic E-state index is 12.6. The fraction of sp³-hybridized carbons (Fsp3) is 0.912. The first-order chi connectivity index (χ1) is 20.5. The van der Waals surface area contributed by atoms with Gasteiger partial charge in [0.15, 0.2) is 6.23 Å². The molecule has 0 amide bonds. The topological polar surface area (TPSA) is 129 Å². The average Bonchev–Trinajstić information content (AvgIpc) is 3.55. The molecule has 0 aromatic carbocycles. The third-order valence-electron chi connectivity index (χ3n) is 13.7. The first-order valence-corrected chi connectivity index (χ1v) is 17.2. The Balaban J connectivity index is 1.10. The second kappa shape index (κ2) is 11.3.